The van der Waals surface area contributed by atoms with E-state index in [0.29, 0.717) is 48.5 Å². The molecule has 39 heavy (non-hydrogen) atoms. The Bertz CT molecular complexity index is 1390. The van der Waals surface area contributed by atoms with Crippen molar-refractivity contribution in [2.24, 2.45) is 0 Å². The summed E-state index contributed by atoms with van der Waals surface area (Å²) >= 11 is 3.28. The number of hydrogen-bond acceptors (Lipinski definition) is 3. The Hall–Kier alpha value is -3.08. The topological polar surface area (TPSA) is 44.6 Å². The number of urea groups is 1. The zero-order chi connectivity index (χ0) is 27.5. The van der Waals surface area contributed by atoms with Gasteiger partial charge in [0.25, 0.3) is 0 Å². The molecule has 2 amide bonds. The third-order valence-corrected chi connectivity index (χ3v) is 8.67. The summed E-state index contributed by atoms with van der Waals surface area (Å²) < 4.78 is 58.5. The predicted molar refractivity (Wildman–Crippen MR) is 143 cm³/mol. The van der Waals surface area contributed by atoms with Crippen LogP contribution < -0.4 is 9.80 Å². The standard InChI is InChI=1S/C28H28BrF4N5O/c1-17-4-2-7-24(30)25(17)35-12-10-19(11-13-35)36-14-18-15-38(20-8-9-20)34-26(18)37(27(36)39)16-21-22(28(31,32)33)5-3-6-23(21)29/h2-7,15,19-20H,8-14,16H2,1H3. The van der Waals surface area contributed by atoms with Gasteiger partial charge in [-0.25, -0.2) is 9.18 Å². The van der Waals surface area contributed by atoms with Crippen LogP contribution in [0.1, 0.15) is 54.0 Å². The Morgan fingerprint density at radius 1 is 1.03 bits per heavy atom. The fourth-order valence-electron chi connectivity index (χ4n) is 5.78. The Morgan fingerprint density at radius 2 is 1.74 bits per heavy atom. The van der Waals surface area contributed by atoms with E-state index in [0.717, 1.165) is 30.0 Å². The van der Waals surface area contributed by atoms with Crippen LogP contribution in [0.3, 0.4) is 0 Å². The average Bonchev–Trinajstić information content (AvgIpc) is 3.65. The SMILES string of the molecule is Cc1cccc(F)c1N1CCC(N2Cc3cn(C4CC4)nc3N(Cc3c(Br)cccc3C(F)(F)F)C2=O)CC1. The number of halogens is 5. The highest BCUT2D eigenvalue weighted by Crippen LogP contribution is 2.41. The lowest BCUT2D eigenvalue weighted by molar-refractivity contribution is -0.138. The summed E-state index contributed by atoms with van der Waals surface area (Å²) in [7, 11) is 0. The quantitative estimate of drug-likeness (QED) is 0.293. The minimum absolute atomic E-state index is 0.00281. The lowest BCUT2D eigenvalue weighted by Gasteiger charge is -2.43. The Balaban J connectivity index is 1.29. The van der Waals surface area contributed by atoms with Gasteiger partial charge in [0.1, 0.15) is 5.82 Å². The Kier molecular flexibility index (Phi) is 6.60. The molecule has 1 aliphatic carbocycles. The molecular formula is C28H28BrF4N5O. The molecule has 0 atom stereocenters. The van der Waals surface area contributed by atoms with E-state index in [1.54, 1.807) is 17.0 Å². The number of aryl methyl sites for hydroxylation is 1. The lowest BCUT2D eigenvalue weighted by atomic mass is 10.00. The van der Waals surface area contributed by atoms with Crippen molar-refractivity contribution in [1.82, 2.24) is 14.7 Å². The number of benzene rings is 2. The number of amides is 2. The lowest BCUT2D eigenvalue weighted by Crippen LogP contribution is -2.54. The smallest absolute Gasteiger partial charge is 0.369 e. The number of fused-ring (bicyclic) bond motifs is 1. The van der Waals surface area contributed by atoms with Gasteiger partial charge in [0.2, 0.25) is 0 Å². The van der Waals surface area contributed by atoms with E-state index in [-0.39, 0.29) is 36.0 Å². The van der Waals surface area contributed by atoms with E-state index in [2.05, 4.69) is 21.0 Å². The number of aromatic nitrogens is 2. The number of para-hydroxylation sites is 1. The first-order valence-electron chi connectivity index (χ1n) is 13.1. The summed E-state index contributed by atoms with van der Waals surface area (Å²) in [6.07, 6.45) is 0.612. The summed E-state index contributed by atoms with van der Waals surface area (Å²) in [5, 5.41) is 4.66. The van der Waals surface area contributed by atoms with Crippen molar-refractivity contribution in [2.45, 2.75) is 64.0 Å². The molecule has 0 N–H and O–H groups in total. The number of alkyl halides is 3. The zero-order valence-electron chi connectivity index (χ0n) is 21.4. The molecule has 3 heterocycles. The second-order valence-electron chi connectivity index (χ2n) is 10.6. The molecule has 1 saturated heterocycles. The average molecular weight is 606 g/mol. The molecule has 1 saturated carbocycles. The molecule has 3 aromatic rings. The summed E-state index contributed by atoms with van der Waals surface area (Å²) in [6, 6.07) is 8.76. The van der Waals surface area contributed by atoms with Crippen LogP contribution in [0.5, 0.6) is 0 Å². The Morgan fingerprint density at radius 3 is 2.41 bits per heavy atom. The number of anilines is 2. The highest BCUT2D eigenvalue weighted by atomic mass is 79.9. The molecule has 1 aromatic heterocycles. The van der Waals surface area contributed by atoms with Gasteiger partial charge in [0.05, 0.1) is 30.4 Å². The van der Waals surface area contributed by atoms with Crippen molar-refractivity contribution in [3.63, 3.8) is 0 Å². The maximum absolute atomic E-state index is 14.6. The van der Waals surface area contributed by atoms with Crippen molar-refractivity contribution in [3.05, 3.63) is 75.1 Å². The first-order valence-corrected chi connectivity index (χ1v) is 13.9. The van der Waals surface area contributed by atoms with Gasteiger partial charge in [-0.15, -0.1) is 0 Å². The fraction of sp³-hybridized carbons (Fsp3) is 0.429. The van der Waals surface area contributed by atoms with Crippen LogP contribution in [-0.4, -0.2) is 39.8 Å². The summed E-state index contributed by atoms with van der Waals surface area (Å²) in [6.45, 7) is 3.13. The van der Waals surface area contributed by atoms with Gasteiger partial charge < -0.3 is 9.80 Å². The van der Waals surface area contributed by atoms with E-state index < -0.39 is 11.7 Å². The Labute approximate surface area is 232 Å². The highest BCUT2D eigenvalue weighted by Gasteiger charge is 2.41. The van der Waals surface area contributed by atoms with E-state index in [1.165, 1.54) is 17.0 Å². The minimum atomic E-state index is -4.56. The number of carbonyl (C=O) groups excluding carboxylic acids is 1. The van der Waals surface area contributed by atoms with Gasteiger partial charge in [-0.2, -0.15) is 18.3 Å². The molecule has 2 aliphatic heterocycles. The van der Waals surface area contributed by atoms with Gasteiger partial charge in [-0.1, -0.05) is 34.1 Å². The minimum Gasteiger partial charge on any atom is -0.369 e. The maximum Gasteiger partial charge on any atom is 0.416 e. The van der Waals surface area contributed by atoms with E-state index in [1.807, 2.05) is 28.8 Å². The zero-order valence-corrected chi connectivity index (χ0v) is 23.0. The first-order chi connectivity index (χ1) is 18.6. The predicted octanol–water partition coefficient (Wildman–Crippen LogP) is 7.06. The molecule has 11 heteroatoms. The van der Waals surface area contributed by atoms with Gasteiger partial charge in [0.15, 0.2) is 5.82 Å². The number of rotatable bonds is 5. The summed E-state index contributed by atoms with van der Waals surface area (Å²) in [5.41, 5.74) is 1.49. The monoisotopic (exact) mass is 605 g/mol. The molecule has 206 valence electrons. The number of hydrogen-bond donors (Lipinski definition) is 0. The van der Waals surface area contributed by atoms with Gasteiger partial charge in [0, 0.05) is 35.4 Å². The van der Waals surface area contributed by atoms with E-state index in [9.17, 15) is 22.4 Å². The molecular weight excluding hydrogens is 578 g/mol. The molecule has 2 fully saturated rings. The molecule has 2 aromatic carbocycles. The van der Waals surface area contributed by atoms with Crippen molar-refractivity contribution in [3.8, 4) is 0 Å². The van der Waals surface area contributed by atoms with Crippen LogP contribution in [0.15, 0.2) is 47.1 Å². The molecule has 0 unspecified atom stereocenters. The molecule has 3 aliphatic rings. The van der Waals surface area contributed by atoms with Crippen molar-refractivity contribution in [1.29, 1.82) is 0 Å². The van der Waals surface area contributed by atoms with E-state index >= 15 is 0 Å². The van der Waals surface area contributed by atoms with Crippen molar-refractivity contribution < 1.29 is 22.4 Å². The third-order valence-electron chi connectivity index (χ3n) is 7.93. The van der Waals surface area contributed by atoms with Crippen LogP contribution in [0.25, 0.3) is 0 Å². The molecule has 0 spiro atoms. The van der Waals surface area contributed by atoms with Gasteiger partial charge >= 0.3 is 12.2 Å². The summed E-state index contributed by atoms with van der Waals surface area (Å²) in [4.78, 5) is 19.1. The number of carbonyl (C=O) groups is 1. The third kappa shape index (κ3) is 4.90. The van der Waals surface area contributed by atoms with Crippen LogP contribution in [0, 0.1) is 12.7 Å². The number of nitrogens with zero attached hydrogens (tertiary/aromatic N) is 5. The van der Waals surface area contributed by atoms with Gasteiger partial charge in [-0.3, -0.25) is 9.58 Å². The van der Waals surface area contributed by atoms with Gasteiger partial charge in [-0.05, 0) is 61.9 Å². The van der Waals surface area contributed by atoms with Crippen LogP contribution in [0.4, 0.5) is 33.9 Å². The maximum atomic E-state index is 14.6. The second-order valence-corrected chi connectivity index (χ2v) is 11.4. The summed E-state index contributed by atoms with van der Waals surface area (Å²) in [5.74, 6) is 0.158. The number of piperidine rings is 1. The van der Waals surface area contributed by atoms with Crippen molar-refractivity contribution in [2.75, 3.05) is 22.9 Å². The van der Waals surface area contributed by atoms with Crippen LogP contribution in [0.2, 0.25) is 0 Å². The fourth-order valence-corrected chi connectivity index (χ4v) is 6.27. The van der Waals surface area contributed by atoms with Crippen LogP contribution >= 0.6 is 15.9 Å². The largest absolute Gasteiger partial charge is 0.416 e. The molecule has 6 nitrogen and oxygen atoms in total. The molecule has 6 rings (SSSR count). The molecule has 0 bridgehead atoms. The first kappa shape index (κ1) is 26.2. The van der Waals surface area contributed by atoms with E-state index in [4.69, 9.17) is 0 Å². The molecule has 0 radical (unpaired) electrons. The highest BCUT2D eigenvalue weighted by molar-refractivity contribution is 9.10. The van der Waals surface area contributed by atoms with Crippen LogP contribution in [-0.2, 0) is 19.3 Å². The second kappa shape index (κ2) is 9.83. The van der Waals surface area contributed by atoms with Crippen molar-refractivity contribution >= 4 is 33.5 Å². The normalized spacial score (nSPS) is 18.6.